The van der Waals surface area contributed by atoms with E-state index in [1.807, 2.05) is 0 Å². The molecule has 2 unspecified atom stereocenters. The summed E-state index contributed by atoms with van der Waals surface area (Å²) in [5.41, 5.74) is 0. The molecule has 104 valence electrons. The monoisotopic (exact) mass is 284 g/mol. The molecule has 0 saturated carbocycles. The molecule has 0 spiro atoms. The zero-order valence-corrected chi connectivity index (χ0v) is 11.2. The van der Waals surface area contributed by atoms with Gasteiger partial charge in [-0.3, -0.25) is 9.89 Å². The molecule has 1 aromatic rings. The largest absolute Gasteiger partial charge is 0.353 e. The number of hydrogen-bond acceptors (Lipinski definition) is 4. The number of aromatic amines is 1. The Kier molecular flexibility index (Phi) is 3.06. The van der Waals surface area contributed by atoms with Gasteiger partial charge >= 0.3 is 0 Å². The van der Waals surface area contributed by atoms with Gasteiger partial charge in [-0.15, -0.1) is 0 Å². The molecule has 7 nitrogen and oxygen atoms in total. The highest BCUT2D eigenvalue weighted by Gasteiger charge is 2.38. The Labute approximate surface area is 111 Å². The Bertz CT molecular complexity index is 569. The number of carbonyl (C=O) groups excluding carboxylic acids is 1. The summed E-state index contributed by atoms with van der Waals surface area (Å²) in [6.07, 6.45) is 3.34. The molecule has 1 amide bonds. The first-order valence-electron chi connectivity index (χ1n) is 6.36. The summed E-state index contributed by atoms with van der Waals surface area (Å²) < 4.78 is 26.2. The van der Waals surface area contributed by atoms with Crippen LogP contribution in [0.25, 0.3) is 0 Å². The van der Waals surface area contributed by atoms with E-state index >= 15 is 0 Å². The number of sulfonamides is 1. The smallest absolute Gasteiger partial charge is 0.259 e. The van der Waals surface area contributed by atoms with E-state index in [4.69, 9.17) is 0 Å². The molecule has 8 heteroatoms. The Morgan fingerprint density at radius 3 is 2.95 bits per heavy atom. The lowest BCUT2D eigenvalue weighted by atomic mass is 9.86. The zero-order valence-electron chi connectivity index (χ0n) is 10.4. The van der Waals surface area contributed by atoms with Gasteiger partial charge < -0.3 is 5.32 Å². The highest BCUT2D eigenvalue weighted by atomic mass is 32.2. The number of hydrogen-bond donors (Lipinski definition) is 2. The summed E-state index contributed by atoms with van der Waals surface area (Å²) in [6.45, 7) is 0.898. The van der Waals surface area contributed by atoms with E-state index in [0.29, 0.717) is 25.9 Å². The second-order valence-corrected chi connectivity index (χ2v) is 6.95. The number of piperidine rings is 2. The van der Waals surface area contributed by atoms with Crippen molar-refractivity contribution in [3.8, 4) is 0 Å². The first kappa shape index (κ1) is 12.6. The van der Waals surface area contributed by atoms with E-state index in [0.717, 1.165) is 6.42 Å². The average molecular weight is 284 g/mol. The quantitative estimate of drug-likeness (QED) is 0.779. The molecule has 2 aliphatic heterocycles. The Morgan fingerprint density at radius 1 is 1.37 bits per heavy atom. The van der Waals surface area contributed by atoms with Crippen molar-refractivity contribution in [3.63, 3.8) is 0 Å². The molecular formula is C11H16N4O3S. The van der Waals surface area contributed by atoms with Gasteiger partial charge in [-0.05, 0) is 24.8 Å². The third-order valence-corrected chi connectivity index (χ3v) is 5.67. The molecule has 3 rings (SSSR count). The molecule has 2 N–H and O–H groups in total. The fourth-order valence-electron chi connectivity index (χ4n) is 2.82. The van der Waals surface area contributed by atoms with Gasteiger partial charge in [0.1, 0.15) is 0 Å². The molecular weight excluding hydrogens is 268 g/mol. The molecule has 0 aliphatic carbocycles. The van der Waals surface area contributed by atoms with Gasteiger partial charge in [-0.2, -0.15) is 9.40 Å². The second kappa shape index (κ2) is 4.61. The maximum atomic E-state index is 12.4. The Hall–Kier alpha value is -1.41. The lowest BCUT2D eigenvalue weighted by Gasteiger charge is -2.40. The van der Waals surface area contributed by atoms with Gasteiger partial charge in [0.2, 0.25) is 5.91 Å². The third kappa shape index (κ3) is 2.25. The number of amides is 1. The van der Waals surface area contributed by atoms with E-state index in [9.17, 15) is 13.2 Å². The molecule has 2 atom stereocenters. The topological polar surface area (TPSA) is 95.2 Å². The second-order valence-electron chi connectivity index (χ2n) is 5.05. The van der Waals surface area contributed by atoms with Crippen LogP contribution in [0.1, 0.15) is 19.3 Å². The molecule has 2 saturated heterocycles. The normalized spacial score (nSPS) is 28.7. The number of H-pyrrole nitrogens is 1. The van der Waals surface area contributed by atoms with E-state index in [-0.39, 0.29) is 22.9 Å². The molecule has 0 aromatic carbocycles. The van der Waals surface area contributed by atoms with E-state index in [1.165, 1.54) is 16.6 Å². The predicted octanol–water partition coefficient (Wildman–Crippen LogP) is -0.301. The van der Waals surface area contributed by atoms with Crippen LogP contribution in [-0.4, -0.2) is 48.0 Å². The van der Waals surface area contributed by atoms with Crippen LogP contribution in [0.15, 0.2) is 17.3 Å². The number of nitrogens with zero attached hydrogens (tertiary/aromatic N) is 2. The van der Waals surface area contributed by atoms with E-state index < -0.39 is 10.0 Å². The first-order chi connectivity index (χ1) is 9.07. The maximum Gasteiger partial charge on any atom is 0.259 e. The first-order valence-corrected chi connectivity index (χ1v) is 7.80. The standard InChI is InChI=1S/C11H16N4O3S/c16-10-2-1-8-7-15(6-4-9(8)13-10)19(17,18)11-3-5-12-14-11/h3,5,8-9H,1-2,4,6-7H2,(H,12,14)(H,13,16). The summed E-state index contributed by atoms with van der Waals surface area (Å²) in [7, 11) is -3.48. The fourth-order valence-corrected chi connectivity index (χ4v) is 4.23. The van der Waals surface area contributed by atoms with Crippen molar-refractivity contribution in [2.24, 2.45) is 5.92 Å². The van der Waals surface area contributed by atoms with Crippen LogP contribution in [0.3, 0.4) is 0 Å². The SMILES string of the molecule is O=C1CCC2CN(S(=O)(=O)c3ccn[nH]3)CCC2N1. The summed E-state index contributed by atoms with van der Waals surface area (Å²) in [5.74, 6) is 0.287. The molecule has 3 heterocycles. The number of rotatable bonds is 2. The molecule has 2 aliphatic rings. The van der Waals surface area contributed by atoms with Gasteiger partial charge in [0.25, 0.3) is 10.0 Å². The lowest BCUT2D eigenvalue weighted by molar-refractivity contribution is -0.124. The van der Waals surface area contributed by atoms with Crippen LogP contribution in [0.4, 0.5) is 0 Å². The fraction of sp³-hybridized carbons (Fsp3) is 0.636. The van der Waals surface area contributed by atoms with Gasteiger partial charge in [0, 0.05) is 25.6 Å². The van der Waals surface area contributed by atoms with Crippen LogP contribution >= 0.6 is 0 Å². The molecule has 19 heavy (non-hydrogen) atoms. The van der Waals surface area contributed by atoms with Crippen LogP contribution in [0, 0.1) is 5.92 Å². The minimum absolute atomic E-state index is 0.0751. The lowest BCUT2D eigenvalue weighted by Crippen LogP contribution is -2.55. The number of aromatic nitrogens is 2. The highest BCUT2D eigenvalue weighted by molar-refractivity contribution is 7.89. The third-order valence-electron chi connectivity index (χ3n) is 3.88. The number of fused-ring (bicyclic) bond motifs is 1. The minimum Gasteiger partial charge on any atom is -0.353 e. The number of nitrogens with one attached hydrogen (secondary N) is 2. The zero-order chi connectivity index (χ0) is 13.5. The minimum atomic E-state index is -3.48. The summed E-state index contributed by atoms with van der Waals surface area (Å²) in [4.78, 5) is 11.3. The van der Waals surface area contributed by atoms with Crippen LogP contribution in [0.5, 0.6) is 0 Å². The van der Waals surface area contributed by atoms with Gasteiger partial charge in [-0.25, -0.2) is 8.42 Å². The van der Waals surface area contributed by atoms with Crippen molar-refractivity contribution in [3.05, 3.63) is 12.3 Å². The number of carbonyl (C=O) groups is 1. The average Bonchev–Trinajstić information content (AvgIpc) is 2.92. The summed E-state index contributed by atoms with van der Waals surface area (Å²) in [5, 5.41) is 9.27. The molecule has 1 aromatic heterocycles. The van der Waals surface area contributed by atoms with Crippen molar-refractivity contribution in [2.75, 3.05) is 13.1 Å². The van der Waals surface area contributed by atoms with Crippen LogP contribution < -0.4 is 5.32 Å². The van der Waals surface area contributed by atoms with Crippen LogP contribution in [0.2, 0.25) is 0 Å². The molecule has 0 radical (unpaired) electrons. The molecule has 2 fully saturated rings. The van der Waals surface area contributed by atoms with Crippen molar-refractivity contribution in [1.29, 1.82) is 0 Å². The van der Waals surface area contributed by atoms with Crippen molar-refractivity contribution in [1.82, 2.24) is 19.8 Å². The van der Waals surface area contributed by atoms with Crippen molar-refractivity contribution in [2.45, 2.75) is 30.3 Å². The van der Waals surface area contributed by atoms with Gasteiger partial charge in [0.15, 0.2) is 5.03 Å². The van der Waals surface area contributed by atoms with E-state index in [1.54, 1.807) is 0 Å². The Balaban J connectivity index is 1.77. The van der Waals surface area contributed by atoms with Crippen LogP contribution in [-0.2, 0) is 14.8 Å². The Morgan fingerprint density at radius 2 is 2.21 bits per heavy atom. The van der Waals surface area contributed by atoms with Gasteiger partial charge in [0.05, 0.1) is 6.20 Å². The van der Waals surface area contributed by atoms with Crippen molar-refractivity contribution >= 4 is 15.9 Å². The summed E-state index contributed by atoms with van der Waals surface area (Å²) >= 11 is 0. The molecule has 0 bridgehead atoms. The van der Waals surface area contributed by atoms with Crippen molar-refractivity contribution < 1.29 is 13.2 Å². The van der Waals surface area contributed by atoms with E-state index in [2.05, 4.69) is 15.5 Å². The highest BCUT2D eigenvalue weighted by Crippen LogP contribution is 2.28. The van der Waals surface area contributed by atoms with Gasteiger partial charge in [-0.1, -0.05) is 0 Å². The summed E-state index contributed by atoms with van der Waals surface area (Å²) in [6, 6.07) is 1.58. The maximum absolute atomic E-state index is 12.4. The predicted molar refractivity (Wildman–Crippen MR) is 66.6 cm³/mol.